The van der Waals surface area contributed by atoms with Gasteiger partial charge in [-0.15, -0.1) is 0 Å². The predicted molar refractivity (Wildman–Crippen MR) is 146 cm³/mol. The van der Waals surface area contributed by atoms with Crippen LogP contribution >= 0.6 is 0 Å². The van der Waals surface area contributed by atoms with Crippen molar-refractivity contribution in [3.05, 3.63) is 132 Å². The fourth-order valence-corrected chi connectivity index (χ4v) is 4.84. The molecule has 0 radical (unpaired) electrons. The van der Waals surface area contributed by atoms with E-state index in [1.54, 1.807) is 12.2 Å². The number of ketones is 1. The minimum absolute atomic E-state index is 0.0333. The lowest BCUT2D eigenvalue weighted by Crippen LogP contribution is -1.88. The maximum Gasteiger partial charge on any atom is 0.178 e. The maximum atomic E-state index is 13.0. The number of benzene rings is 6. The molecular weight excluding hydrogens is 412 g/mol. The van der Waals surface area contributed by atoms with Crippen molar-refractivity contribution >= 4 is 61.0 Å². The van der Waals surface area contributed by atoms with Gasteiger partial charge in [0.15, 0.2) is 5.78 Å². The number of hydrogen-bond donors (Lipinski definition) is 0. The first-order valence-electron chi connectivity index (χ1n) is 11.5. The molecule has 6 rings (SSSR count). The topological polar surface area (TPSA) is 17.1 Å². The van der Waals surface area contributed by atoms with Gasteiger partial charge < -0.3 is 0 Å². The molecule has 0 heterocycles. The molecule has 0 bridgehead atoms. The van der Waals surface area contributed by atoms with Crippen LogP contribution in [0.1, 0.15) is 11.1 Å². The Labute approximate surface area is 198 Å². The molecule has 160 valence electrons. The molecule has 0 N–H and O–H groups in total. The zero-order valence-electron chi connectivity index (χ0n) is 18.6. The summed E-state index contributed by atoms with van der Waals surface area (Å²) in [5.74, 6) is -0.0333. The molecule has 1 nitrogen and oxygen atoms in total. The Morgan fingerprint density at radius 2 is 0.735 bits per heavy atom. The monoisotopic (exact) mass is 434 g/mol. The van der Waals surface area contributed by atoms with Crippen molar-refractivity contribution in [3.8, 4) is 0 Å². The number of fused-ring (bicyclic) bond motifs is 4. The minimum atomic E-state index is -0.0333. The van der Waals surface area contributed by atoms with Crippen LogP contribution in [0.5, 0.6) is 0 Å². The SMILES string of the molecule is O=C(/C=C/c1c2ccccc2cc2ccccc12)/C=C/c1c2ccccc2cc2ccccc12. The summed E-state index contributed by atoms with van der Waals surface area (Å²) in [7, 11) is 0. The van der Waals surface area contributed by atoms with Gasteiger partial charge in [0, 0.05) is 0 Å². The van der Waals surface area contributed by atoms with Crippen molar-refractivity contribution in [2.75, 3.05) is 0 Å². The molecule has 6 aromatic carbocycles. The second-order valence-corrected chi connectivity index (χ2v) is 8.53. The highest BCUT2D eigenvalue weighted by Gasteiger charge is 2.07. The van der Waals surface area contributed by atoms with Gasteiger partial charge in [0.1, 0.15) is 0 Å². The summed E-state index contributed by atoms with van der Waals surface area (Å²) in [6.07, 6.45) is 7.27. The largest absolute Gasteiger partial charge is 0.290 e. The summed E-state index contributed by atoms with van der Waals surface area (Å²) >= 11 is 0. The van der Waals surface area contributed by atoms with Gasteiger partial charge in [-0.25, -0.2) is 0 Å². The minimum Gasteiger partial charge on any atom is -0.290 e. The summed E-state index contributed by atoms with van der Waals surface area (Å²) < 4.78 is 0. The van der Waals surface area contributed by atoms with Crippen LogP contribution in [0.25, 0.3) is 55.2 Å². The Kier molecular flexibility index (Phi) is 5.01. The van der Waals surface area contributed by atoms with E-state index in [0.717, 1.165) is 32.7 Å². The predicted octanol–water partition coefficient (Wildman–Crippen LogP) is 8.60. The van der Waals surface area contributed by atoms with E-state index < -0.39 is 0 Å². The fourth-order valence-electron chi connectivity index (χ4n) is 4.84. The number of hydrogen-bond acceptors (Lipinski definition) is 1. The van der Waals surface area contributed by atoms with Gasteiger partial charge in [-0.1, -0.05) is 97.1 Å². The molecule has 34 heavy (non-hydrogen) atoms. The highest BCUT2D eigenvalue weighted by molar-refractivity contribution is 6.13. The van der Waals surface area contributed by atoms with E-state index in [4.69, 9.17) is 0 Å². The van der Waals surface area contributed by atoms with E-state index in [9.17, 15) is 4.79 Å². The van der Waals surface area contributed by atoms with Crippen LogP contribution in [-0.4, -0.2) is 5.78 Å². The zero-order valence-corrected chi connectivity index (χ0v) is 18.6. The van der Waals surface area contributed by atoms with Crippen LogP contribution in [0.15, 0.2) is 121 Å². The van der Waals surface area contributed by atoms with Crippen LogP contribution in [0.2, 0.25) is 0 Å². The van der Waals surface area contributed by atoms with Crippen molar-refractivity contribution in [3.63, 3.8) is 0 Å². The second-order valence-electron chi connectivity index (χ2n) is 8.53. The first-order valence-corrected chi connectivity index (χ1v) is 11.5. The molecule has 0 aliphatic rings. The van der Waals surface area contributed by atoms with Gasteiger partial charge in [-0.3, -0.25) is 4.79 Å². The number of allylic oxidation sites excluding steroid dienone is 2. The van der Waals surface area contributed by atoms with Gasteiger partial charge >= 0.3 is 0 Å². The highest BCUT2D eigenvalue weighted by atomic mass is 16.1. The Morgan fingerprint density at radius 1 is 0.441 bits per heavy atom. The molecule has 0 aromatic heterocycles. The molecule has 0 unspecified atom stereocenters. The van der Waals surface area contributed by atoms with E-state index in [1.807, 2.05) is 60.7 Å². The second kappa shape index (κ2) is 8.46. The molecule has 0 aliphatic carbocycles. The lowest BCUT2D eigenvalue weighted by atomic mass is 9.95. The average Bonchev–Trinajstić information content (AvgIpc) is 2.89. The van der Waals surface area contributed by atoms with Crippen molar-refractivity contribution in [1.29, 1.82) is 0 Å². The first kappa shape index (κ1) is 20.1. The maximum absolute atomic E-state index is 13.0. The molecule has 0 aliphatic heterocycles. The summed E-state index contributed by atoms with van der Waals surface area (Å²) in [6.45, 7) is 0. The molecule has 0 spiro atoms. The van der Waals surface area contributed by atoms with E-state index >= 15 is 0 Å². The van der Waals surface area contributed by atoms with Gasteiger partial charge in [-0.2, -0.15) is 0 Å². The standard InChI is InChI=1S/C33H22O/c34-27(17-19-32-28-13-5-1-9-23(28)21-24-10-2-6-14-29(24)32)18-20-33-30-15-7-3-11-25(30)22-26-12-4-8-16-31(26)33/h1-22H/b19-17+,20-18+. The van der Waals surface area contributed by atoms with Crippen molar-refractivity contribution in [2.24, 2.45) is 0 Å². The van der Waals surface area contributed by atoms with Crippen LogP contribution in [0, 0.1) is 0 Å². The Morgan fingerprint density at radius 3 is 1.06 bits per heavy atom. The van der Waals surface area contributed by atoms with Crippen LogP contribution in [-0.2, 0) is 4.79 Å². The van der Waals surface area contributed by atoms with E-state index in [2.05, 4.69) is 60.7 Å². The molecule has 0 saturated heterocycles. The summed E-state index contributed by atoms with van der Waals surface area (Å²) in [5.41, 5.74) is 2.15. The van der Waals surface area contributed by atoms with Crippen LogP contribution < -0.4 is 0 Å². The van der Waals surface area contributed by atoms with Gasteiger partial charge in [0.25, 0.3) is 0 Å². The van der Waals surface area contributed by atoms with Gasteiger partial charge in [0.2, 0.25) is 0 Å². The fraction of sp³-hybridized carbons (Fsp3) is 0. The Bertz CT molecular complexity index is 1530. The van der Waals surface area contributed by atoms with Crippen molar-refractivity contribution in [1.82, 2.24) is 0 Å². The summed E-state index contributed by atoms with van der Waals surface area (Å²) in [6, 6.07) is 37.7. The third kappa shape index (κ3) is 3.58. The van der Waals surface area contributed by atoms with Crippen molar-refractivity contribution < 1.29 is 4.79 Å². The average molecular weight is 435 g/mol. The molecule has 0 saturated carbocycles. The van der Waals surface area contributed by atoms with Gasteiger partial charge in [-0.05, 0) is 90.7 Å². The van der Waals surface area contributed by atoms with E-state index in [0.29, 0.717) is 0 Å². The van der Waals surface area contributed by atoms with Crippen molar-refractivity contribution in [2.45, 2.75) is 0 Å². The molecule has 0 atom stereocenters. The smallest absolute Gasteiger partial charge is 0.178 e. The third-order valence-corrected chi connectivity index (χ3v) is 6.45. The Balaban J connectivity index is 1.42. The van der Waals surface area contributed by atoms with Gasteiger partial charge in [0.05, 0.1) is 0 Å². The number of carbonyl (C=O) groups excluding carboxylic acids is 1. The first-order chi connectivity index (χ1) is 16.8. The normalized spacial score (nSPS) is 12.0. The highest BCUT2D eigenvalue weighted by Crippen LogP contribution is 2.31. The third-order valence-electron chi connectivity index (χ3n) is 6.45. The molecule has 6 aromatic rings. The Hall–Kier alpha value is -4.49. The lowest BCUT2D eigenvalue weighted by molar-refractivity contribution is -0.110. The number of carbonyl (C=O) groups is 1. The molecular formula is C33H22O. The molecule has 0 amide bonds. The van der Waals surface area contributed by atoms with Crippen LogP contribution in [0.3, 0.4) is 0 Å². The van der Waals surface area contributed by atoms with Crippen LogP contribution in [0.4, 0.5) is 0 Å². The number of rotatable bonds is 4. The zero-order chi connectivity index (χ0) is 22.9. The summed E-state index contributed by atoms with van der Waals surface area (Å²) in [5, 5.41) is 9.28. The quantitative estimate of drug-likeness (QED) is 0.200. The summed E-state index contributed by atoms with van der Waals surface area (Å²) in [4.78, 5) is 13.0. The molecule has 0 fully saturated rings. The lowest BCUT2D eigenvalue weighted by Gasteiger charge is -2.08. The molecule has 1 heteroatoms. The van der Waals surface area contributed by atoms with E-state index in [-0.39, 0.29) is 5.78 Å². The van der Waals surface area contributed by atoms with E-state index in [1.165, 1.54) is 21.5 Å².